The van der Waals surface area contributed by atoms with Gasteiger partial charge in [-0.25, -0.2) is 0 Å². The van der Waals surface area contributed by atoms with Crippen LogP contribution in [0.15, 0.2) is 16.7 Å². The van der Waals surface area contributed by atoms with E-state index in [0.29, 0.717) is 36.0 Å². The Kier molecular flexibility index (Phi) is 5.95. The summed E-state index contributed by atoms with van der Waals surface area (Å²) in [6.45, 7) is 2.78. The molecular weight excluding hydrogens is 336 g/mol. The molecule has 1 aromatic heterocycles. The van der Waals surface area contributed by atoms with E-state index in [2.05, 4.69) is 27.4 Å². The van der Waals surface area contributed by atoms with E-state index in [0.717, 1.165) is 31.0 Å². The Bertz CT molecular complexity index is 734. The molecule has 1 aliphatic rings. The van der Waals surface area contributed by atoms with Crippen LogP contribution in [0.1, 0.15) is 23.3 Å². The van der Waals surface area contributed by atoms with Gasteiger partial charge in [0.05, 0.1) is 27.4 Å². The number of likely N-dealkylation sites (N-methyl/N-ethyl adjacent to an activating group) is 1. The zero-order valence-electron chi connectivity index (χ0n) is 15.7. The lowest BCUT2D eigenvalue weighted by Crippen LogP contribution is -2.44. The van der Waals surface area contributed by atoms with E-state index in [1.807, 2.05) is 12.1 Å². The summed E-state index contributed by atoms with van der Waals surface area (Å²) in [6.07, 6.45) is 1.33. The van der Waals surface area contributed by atoms with E-state index >= 15 is 0 Å². The molecule has 0 radical (unpaired) electrons. The van der Waals surface area contributed by atoms with Crippen molar-refractivity contribution >= 4 is 0 Å². The van der Waals surface area contributed by atoms with Gasteiger partial charge < -0.3 is 24.1 Å². The highest BCUT2D eigenvalue weighted by Crippen LogP contribution is 2.40. The third-order valence-corrected chi connectivity index (χ3v) is 4.69. The second-order valence-electron chi connectivity index (χ2n) is 6.24. The van der Waals surface area contributed by atoms with Crippen LogP contribution in [0.2, 0.25) is 0 Å². The fraction of sp³-hybridized carbons (Fsp3) is 0.556. The van der Waals surface area contributed by atoms with Gasteiger partial charge in [0.2, 0.25) is 11.6 Å². The maximum atomic E-state index is 5.53. The van der Waals surface area contributed by atoms with Gasteiger partial charge in [-0.2, -0.15) is 4.98 Å². The number of aryl methyl sites for hydroxylation is 2. The minimum absolute atomic E-state index is 0.150. The Balaban J connectivity index is 1.71. The van der Waals surface area contributed by atoms with Crippen LogP contribution in [0.4, 0.5) is 0 Å². The van der Waals surface area contributed by atoms with Gasteiger partial charge in [0.15, 0.2) is 17.3 Å². The molecule has 2 heterocycles. The number of nitrogens with one attached hydrogen (secondary N) is 1. The lowest BCUT2D eigenvalue weighted by molar-refractivity contribution is 0.190. The molecule has 8 heteroatoms. The second kappa shape index (κ2) is 8.37. The number of benzene rings is 1. The average Bonchev–Trinajstić information content (AvgIpc) is 3.14. The fourth-order valence-electron chi connectivity index (χ4n) is 3.20. The fourth-order valence-corrected chi connectivity index (χ4v) is 3.20. The predicted octanol–water partition coefficient (Wildman–Crippen LogP) is 1.46. The number of piperazine rings is 1. The highest BCUT2D eigenvalue weighted by molar-refractivity contribution is 5.55. The van der Waals surface area contributed by atoms with Crippen LogP contribution in [0.3, 0.4) is 0 Å². The molecule has 1 fully saturated rings. The van der Waals surface area contributed by atoms with E-state index in [1.54, 1.807) is 21.3 Å². The molecule has 0 spiro atoms. The first-order chi connectivity index (χ1) is 12.7. The molecule has 0 amide bonds. The van der Waals surface area contributed by atoms with Gasteiger partial charge >= 0.3 is 0 Å². The standard InChI is InChI=1S/C18H26N4O4/c1-22-10-9-19-11-13(22)18-20-15(26-21-18)8-6-12-5-7-14(23-2)17(25-4)16(12)24-3/h5,7,13,19H,6,8-11H2,1-4H3. The average molecular weight is 362 g/mol. The Labute approximate surface area is 153 Å². The minimum atomic E-state index is 0.150. The Morgan fingerprint density at radius 1 is 1.15 bits per heavy atom. The van der Waals surface area contributed by atoms with Crippen molar-refractivity contribution in [2.75, 3.05) is 48.0 Å². The van der Waals surface area contributed by atoms with Crippen LogP contribution in [-0.2, 0) is 12.8 Å². The van der Waals surface area contributed by atoms with Crippen molar-refractivity contribution in [2.45, 2.75) is 18.9 Å². The molecule has 1 atom stereocenters. The molecule has 1 saturated heterocycles. The van der Waals surface area contributed by atoms with Gasteiger partial charge in [-0.15, -0.1) is 0 Å². The van der Waals surface area contributed by atoms with E-state index in [-0.39, 0.29) is 6.04 Å². The summed E-state index contributed by atoms with van der Waals surface area (Å²) in [5.74, 6) is 3.25. The molecular formula is C18H26N4O4. The van der Waals surface area contributed by atoms with Crippen LogP contribution < -0.4 is 19.5 Å². The smallest absolute Gasteiger partial charge is 0.227 e. The van der Waals surface area contributed by atoms with Crippen molar-refractivity contribution in [1.82, 2.24) is 20.4 Å². The molecule has 0 saturated carbocycles. The lowest BCUT2D eigenvalue weighted by atomic mass is 10.1. The SMILES string of the molecule is COc1ccc(CCc2nc(C3CNCCN3C)no2)c(OC)c1OC. The topological polar surface area (TPSA) is 81.9 Å². The monoisotopic (exact) mass is 362 g/mol. The number of ether oxygens (including phenoxy) is 3. The zero-order valence-corrected chi connectivity index (χ0v) is 15.7. The normalized spacial score (nSPS) is 17.9. The van der Waals surface area contributed by atoms with E-state index < -0.39 is 0 Å². The Morgan fingerprint density at radius 3 is 2.65 bits per heavy atom. The highest BCUT2D eigenvalue weighted by Gasteiger charge is 2.25. The molecule has 0 aliphatic carbocycles. The number of nitrogens with zero attached hydrogens (tertiary/aromatic N) is 3. The first-order valence-corrected chi connectivity index (χ1v) is 8.69. The number of aromatic nitrogens is 2. The predicted molar refractivity (Wildman–Crippen MR) is 96.0 cm³/mol. The third-order valence-electron chi connectivity index (χ3n) is 4.69. The molecule has 26 heavy (non-hydrogen) atoms. The van der Waals surface area contributed by atoms with Crippen LogP contribution in [0, 0.1) is 0 Å². The van der Waals surface area contributed by atoms with E-state index in [9.17, 15) is 0 Å². The number of methoxy groups -OCH3 is 3. The minimum Gasteiger partial charge on any atom is -0.493 e. The van der Waals surface area contributed by atoms with Gasteiger partial charge in [0.25, 0.3) is 0 Å². The van der Waals surface area contributed by atoms with Crippen LogP contribution in [0.5, 0.6) is 17.2 Å². The zero-order chi connectivity index (χ0) is 18.5. The van der Waals surface area contributed by atoms with Crippen molar-refractivity contribution in [2.24, 2.45) is 0 Å². The molecule has 1 aromatic carbocycles. The second-order valence-corrected chi connectivity index (χ2v) is 6.24. The van der Waals surface area contributed by atoms with Crippen molar-refractivity contribution in [3.05, 3.63) is 29.4 Å². The summed E-state index contributed by atoms with van der Waals surface area (Å²) < 4.78 is 21.7. The van der Waals surface area contributed by atoms with Crippen LogP contribution >= 0.6 is 0 Å². The first kappa shape index (κ1) is 18.5. The number of hydrogen-bond donors (Lipinski definition) is 1. The first-order valence-electron chi connectivity index (χ1n) is 8.69. The van der Waals surface area contributed by atoms with Gasteiger partial charge in [-0.3, -0.25) is 4.90 Å². The quantitative estimate of drug-likeness (QED) is 0.793. The summed E-state index contributed by atoms with van der Waals surface area (Å²) in [7, 11) is 6.91. The number of hydrogen-bond acceptors (Lipinski definition) is 8. The van der Waals surface area contributed by atoms with Crippen molar-refractivity contribution in [1.29, 1.82) is 0 Å². The maximum absolute atomic E-state index is 5.53. The third kappa shape index (κ3) is 3.76. The molecule has 1 unspecified atom stereocenters. The summed E-state index contributed by atoms with van der Waals surface area (Å²) in [6, 6.07) is 3.99. The Hall–Kier alpha value is -2.32. The summed E-state index contributed by atoms with van der Waals surface area (Å²) >= 11 is 0. The van der Waals surface area contributed by atoms with E-state index in [4.69, 9.17) is 18.7 Å². The summed E-state index contributed by atoms with van der Waals surface area (Å²) in [5, 5.41) is 7.53. The molecule has 1 aliphatic heterocycles. The number of rotatable bonds is 7. The molecule has 8 nitrogen and oxygen atoms in total. The van der Waals surface area contributed by atoms with Gasteiger partial charge in [0, 0.05) is 26.1 Å². The molecule has 142 valence electrons. The molecule has 3 rings (SSSR count). The molecule has 1 N–H and O–H groups in total. The molecule has 0 bridgehead atoms. The van der Waals surface area contributed by atoms with Gasteiger partial charge in [0.1, 0.15) is 0 Å². The van der Waals surface area contributed by atoms with Gasteiger partial charge in [-0.1, -0.05) is 11.2 Å². The summed E-state index contributed by atoms with van der Waals surface area (Å²) in [5.41, 5.74) is 1.00. The van der Waals surface area contributed by atoms with Crippen LogP contribution in [0.25, 0.3) is 0 Å². The lowest BCUT2D eigenvalue weighted by Gasteiger charge is -2.30. The van der Waals surface area contributed by atoms with Gasteiger partial charge in [-0.05, 0) is 25.1 Å². The maximum Gasteiger partial charge on any atom is 0.227 e. The van der Waals surface area contributed by atoms with Crippen molar-refractivity contribution < 1.29 is 18.7 Å². The van der Waals surface area contributed by atoms with E-state index in [1.165, 1.54) is 0 Å². The summed E-state index contributed by atoms with van der Waals surface area (Å²) in [4.78, 5) is 6.81. The molecule has 2 aromatic rings. The Morgan fingerprint density at radius 2 is 1.96 bits per heavy atom. The van der Waals surface area contributed by atoms with Crippen molar-refractivity contribution in [3.8, 4) is 17.2 Å². The highest BCUT2D eigenvalue weighted by atomic mass is 16.5. The van der Waals surface area contributed by atoms with Crippen molar-refractivity contribution in [3.63, 3.8) is 0 Å². The van der Waals surface area contributed by atoms with Crippen LogP contribution in [-0.4, -0.2) is 63.1 Å². The largest absolute Gasteiger partial charge is 0.493 e.